The number of carbonyl (C=O) groups excluding carboxylic acids is 2. The normalized spacial score (nSPS) is 10.5. The van der Waals surface area contributed by atoms with Gasteiger partial charge in [-0.05, 0) is 36.4 Å². The van der Waals surface area contributed by atoms with Crippen LogP contribution >= 0.6 is 15.9 Å². The Labute approximate surface area is 152 Å². The predicted octanol–water partition coefficient (Wildman–Crippen LogP) is 2.96. The summed E-state index contributed by atoms with van der Waals surface area (Å²) in [6, 6.07) is 10.9. The third kappa shape index (κ3) is 3.83. The third-order valence-electron chi connectivity index (χ3n) is 3.61. The van der Waals surface area contributed by atoms with E-state index in [-0.39, 0.29) is 12.5 Å². The number of aromatic nitrogens is 2. The summed E-state index contributed by atoms with van der Waals surface area (Å²) in [4.78, 5) is 32.5. The average Bonchev–Trinajstić information content (AvgIpc) is 2.65. The van der Waals surface area contributed by atoms with Gasteiger partial charge in [0.25, 0.3) is 5.91 Å². The fraction of sp³-hybridized carbons (Fsp3) is 0.111. The van der Waals surface area contributed by atoms with Crippen LogP contribution in [-0.2, 0) is 9.53 Å². The molecule has 0 saturated heterocycles. The molecular formula is C18H14BrN3O3. The van der Waals surface area contributed by atoms with Gasteiger partial charge in [0.2, 0.25) is 0 Å². The van der Waals surface area contributed by atoms with Gasteiger partial charge in [0.05, 0.1) is 23.9 Å². The number of carbonyl (C=O) groups is 2. The van der Waals surface area contributed by atoms with Crippen LogP contribution in [0.1, 0.15) is 10.4 Å². The maximum absolute atomic E-state index is 12.6. The first-order chi connectivity index (χ1) is 12.1. The number of hydrogen-bond acceptors (Lipinski definition) is 5. The van der Waals surface area contributed by atoms with E-state index in [1.54, 1.807) is 18.5 Å². The van der Waals surface area contributed by atoms with Crippen molar-refractivity contribution in [2.75, 3.05) is 13.7 Å². The van der Waals surface area contributed by atoms with E-state index in [2.05, 4.69) is 36.0 Å². The zero-order chi connectivity index (χ0) is 17.8. The van der Waals surface area contributed by atoms with Crippen molar-refractivity contribution in [2.24, 2.45) is 0 Å². The van der Waals surface area contributed by atoms with E-state index in [4.69, 9.17) is 0 Å². The predicted molar refractivity (Wildman–Crippen MR) is 97.0 cm³/mol. The molecule has 25 heavy (non-hydrogen) atoms. The Morgan fingerprint density at radius 1 is 1.16 bits per heavy atom. The number of amides is 1. The van der Waals surface area contributed by atoms with Crippen molar-refractivity contribution < 1.29 is 14.3 Å². The molecule has 7 heteroatoms. The van der Waals surface area contributed by atoms with Crippen molar-refractivity contribution in [3.8, 4) is 11.3 Å². The van der Waals surface area contributed by atoms with Gasteiger partial charge >= 0.3 is 5.97 Å². The first-order valence-electron chi connectivity index (χ1n) is 7.44. The Balaban J connectivity index is 2.09. The van der Waals surface area contributed by atoms with Gasteiger partial charge in [-0.2, -0.15) is 0 Å². The lowest BCUT2D eigenvalue weighted by atomic mass is 10.0. The highest BCUT2D eigenvalue weighted by atomic mass is 79.9. The van der Waals surface area contributed by atoms with E-state index in [9.17, 15) is 9.59 Å². The van der Waals surface area contributed by atoms with Crippen LogP contribution in [0.15, 0.2) is 53.3 Å². The van der Waals surface area contributed by atoms with Gasteiger partial charge in [-0.25, -0.2) is 4.98 Å². The molecule has 3 rings (SSSR count). The van der Waals surface area contributed by atoms with Crippen molar-refractivity contribution in [3.05, 3.63) is 58.8 Å². The van der Waals surface area contributed by atoms with E-state index in [0.29, 0.717) is 22.2 Å². The number of fused-ring (bicyclic) bond motifs is 1. The Bertz CT molecular complexity index is 945. The second-order valence-corrected chi connectivity index (χ2v) is 6.13. The van der Waals surface area contributed by atoms with E-state index >= 15 is 0 Å². The summed E-state index contributed by atoms with van der Waals surface area (Å²) < 4.78 is 5.39. The molecule has 0 fully saturated rings. The third-order valence-corrected chi connectivity index (χ3v) is 4.11. The molecule has 3 aromatic rings. The quantitative estimate of drug-likeness (QED) is 0.682. The number of ether oxygens (including phenoxy) is 1. The molecule has 0 saturated carbocycles. The number of benzene rings is 1. The monoisotopic (exact) mass is 399 g/mol. The van der Waals surface area contributed by atoms with Crippen LogP contribution in [0.5, 0.6) is 0 Å². The molecule has 126 valence electrons. The first-order valence-corrected chi connectivity index (χ1v) is 8.23. The Morgan fingerprint density at radius 3 is 2.64 bits per heavy atom. The minimum Gasteiger partial charge on any atom is -0.468 e. The van der Waals surface area contributed by atoms with Crippen LogP contribution in [0.4, 0.5) is 0 Å². The number of nitrogens with one attached hydrogen (secondary N) is 1. The minimum absolute atomic E-state index is 0.197. The Kier molecular flexibility index (Phi) is 5.04. The molecule has 0 aliphatic rings. The van der Waals surface area contributed by atoms with Crippen molar-refractivity contribution >= 4 is 38.7 Å². The van der Waals surface area contributed by atoms with Gasteiger partial charge < -0.3 is 10.1 Å². The second kappa shape index (κ2) is 7.40. The zero-order valence-corrected chi connectivity index (χ0v) is 14.9. The molecular weight excluding hydrogens is 386 g/mol. The van der Waals surface area contributed by atoms with E-state index in [1.165, 1.54) is 7.11 Å². The highest BCUT2D eigenvalue weighted by molar-refractivity contribution is 9.10. The minimum atomic E-state index is -0.512. The van der Waals surface area contributed by atoms with Crippen molar-refractivity contribution in [1.82, 2.24) is 15.3 Å². The van der Waals surface area contributed by atoms with Gasteiger partial charge in [-0.3, -0.25) is 14.6 Å². The van der Waals surface area contributed by atoms with Crippen molar-refractivity contribution in [1.29, 1.82) is 0 Å². The lowest BCUT2D eigenvalue weighted by molar-refractivity contribution is -0.139. The summed E-state index contributed by atoms with van der Waals surface area (Å²) in [6.45, 7) is -0.197. The summed E-state index contributed by atoms with van der Waals surface area (Å²) in [7, 11) is 1.27. The van der Waals surface area contributed by atoms with Crippen LogP contribution in [-0.4, -0.2) is 35.5 Å². The van der Waals surface area contributed by atoms with Crippen LogP contribution < -0.4 is 5.32 Å². The van der Waals surface area contributed by atoms with Crippen molar-refractivity contribution in [2.45, 2.75) is 0 Å². The van der Waals surface area contributed by atoms with Crippen LogP contribution in [0.25, 0.3) is 22.2 Å². The lowest BCUT2D eigenvalue weighted by Gasteiger charge is -2.10. The number of esters is 1. The number of methoxy groups -OCH3 is 1. The molecule has 0 aliphatic carbocycles. The van der Waals surface area contributed by atoms with Gasteiger partial charge in [-0.1, -0.05) is 15.9 Å². The summed E-state index contributed by atoms with van der Waals surface area (Å²) in [5, 5.41) is 3.26. The Hall–Kier alpha value is -2.80. The maximum atomic E-state index is 12.6. The molecule has 6 nitrogen and oxygen atoms in total. The van der Waals surface area contributed by atoms with Gasteiger partial charge in [0.15, 0.2) is 0 Å². The van der Waals surface area contributed by atoms with E-state index < -0.39 is 5.97 Å². The Morgan fingerprint density at radius 2 is 1.92 bits per heavy atom. The van der Waals surface area contributed by atoms with Gasteiger partial charge in [0, 0.05) is 27.8 Å². The molecule has 0 radical (unpaired) electrons. The zero-order valence-electron chi connectivity index (χ0n) is 13.3. The molecule has 0 aliphatic heterocycles. The first kappa shape index (κ1) is 17.0. The molecule has 2 heterocycles. The molecule has 1 N–H and O–H groups in total. The van der Waals surface area contributed by atoms with Crippen LogP contribution in [0.2, 0.25) is 0 Å². The highest BCUT2D eigenvalue weighted by Crippen LogP contribution is 2.27. The molecule has 0 bridgehead atoms. The largest absolute Gasteiger partial charge is 0.468 e. The summed E-state index contributed by atoms with van der Waals surface area (Å²) in [5.41, 5.74) is 2.62. The average molecular weight is 400 g/mol. The maximum Gasteiger partial charge on any atom is 0.325 e. The fourth-order valence-corrected chi connectivity index (χ4v) is 2.74. The second-order valence-electron chi connectivity index (χ2n) is 5.21. The van der Waals surface area contributed by atoms with E-state index in [1.807, 2.05) is 30.3 Å². The number of pyridine rings is 2. The molecule has 2 aromatic heterocycles. The summed E-state index contributed by atoms with van der Waals surface area (Å²) in [6.07, 6.45) is 3.33. The fourth-order valence-electron chi connectivity index (χ4n) is 2.38. The molecule has 0 atom stereocenters. The number of nitrogens with zero attached hydrogens (tertiary/aromatic N) is 2. The highest BCUT2D eigenvalue weighted by Gasteiger charge is 2.15. The summed E-state index contributed by atoms with van der Waals surface area (Å²) >= 11 is 3.41. The molecule has 0 unspecified atom stereocenters. The summed E-state index contributed by atoms with van der Waals surface area (Å²) in [5.74, 6) is -0.881. The van der Waals surface area contributed by atoms with E-state index in [0.717, 1.165) is 10.0 Å². The topological polar surface area (TPSA) is 81.2 Å². The molecule has 0 spiro atoms. The number of halogens is 1. The number of rotatable bonds is 4. The SMILES string of the molecule is COC(=O)CNC(=O)c1cc(-c2ccncc2)nc2ccc(Br)cc12. The lowest BCUT2D eigenvalue weighted by Crippen LogP contribution is -2.30. The van der Waals surface area contributed by atoms with Gasteiger partial charge in [0.1, 0.15) is 6.54 Å². The van der Waals surface area contributed by atoms with Crippen molar-refractivity contribution in [3.63, 3.8) is 0 Å². The van der Waals surface area contributed by atoms with Crippen LogP contribution in [0, 0.1) is 0 Å². The van der Waals surface area contributed by atoms with Crippen LogP contribution in [0.3, 0.4) is 0 Å². The van der Waals surface area contributed by atoms with Gasteiger partial charge in [-0.15, -0.1) is 0 Å². The molecule has 1 amide bonds. The standard InChI is InChI=1S/C18H14BrN3O3/c1-25-17(23)10-21-18(24)14-9-16(11-4-6-20-7-5-11)22-15-3-2-12(19)8-13(14)15/h2-9H,10H2,1H3,(H,21,24). The number of hydrogen-bond donors (Lipinski definition) is 1. The smallest absolute Gasteiger partial charge is 0.325 e. The molecule has 1 aromatic carbocycles.